The molecule has 0 rings (SSSR count). The SMILES string of the molecule is C=C(C(=C)C(=O)OC(O)CCC)C(=O)OCCCC. The van der Waals surface area contributed by atoms with E-state index in [1.54, 1.807) is 0 Å². The van der Waals surface area contributed by atoms with Crippen LogP contribution in [0.15, 0.2) is 24.3 Å². The second-order valence-corrected chi connectivity index (χ2v) is 4.10. The number of esters is 2. The lowest BCUT2D eigenvalue weighted by atomic mass is 10.1. The molecule has 5 heteroatoms. The predicted octanol–water partition coefficient (Wildman–Crippen LogP) is 2.10. The molecule has 0 saturated carbocycles. The molecule has 0 bridgehead atoms. The van der Waals surface area contributed by atoms with Crippen LogP contribution in [0.4, 0.5) is 0 Å². The van der Waals surface area contributed by atoms with Gasteiger partial charge >= 0.3 is 11.9 Å². The van der Waals surface area contributed by atoms with E-state index >= 15 is 0 Å². The van der Waals surface area contributed by atoms with E-state index < -0.39 is 18.2 Å². The van der Waals surface area contributed by atoms with E-state index in [9.17, 15) is 14.7 Å². The highest BCUT2D eigenvalue weighted by Gasteiger charge is 2.21. The molecular weight excluding hydrogens is 248 g/mol. The van der Waals surface area contributed by atoms with Crippen LogP contribution >= 0.6 is 0 Å². The highest BCUT2D eigenvalue weighted by Crippen LogP contribution is 2.12. The predicted molar refractivity (Wildman–Crippen MR) is 71.2 cm³/mol. The van der Waals surface area contributed by atoms with E-state index in [4.69, 9.17) is 9.47 Å². The molecule has 0 fully saturated rings. The number of carbonyl (C=O) groups excluding carboxylic acids is 2. The largest absolute Gasteiger partial charge is 0.462 e. The van der Waals surface area contributed by atoms with E-state index in [0.29, 0.717) is 12.8 Å². The third-order valence-electron chi connectivity index (χ3n) is 2.37. The minimum Gasteiger partial charge on any atom is -0.462 e. The van der Waals surface area contributed by atoms with Crippen LogP contribution in [-0.2, 0) is 19.1 Å². The van der Waals surface area contributed by atoms with Crippen molar-refractivity contribution in [1.82, 2.24) is 0 Å². The lowest BCUT2D eigenvalue weighted by Gasteiger charge is -2.13. The maximum absolute atomic E-state index is 11.6. The van der Waals surface area contributed by atoms with Crippen molar-refractivity contribution in [2.45, 2.75) is 45.8 Å². The third kappa shape index (κ3) is 6.76. The summed E-state index contributed by atoms with van der Waals surface area (Å²) in [7, 11) is 0. The maximum Gasteiger partial charge on any atom is 0.340 e. The summed E-state index contributed by atoms with van der Waals surface area (Å²) < 4.78 is 9.60. The zero-order valence-corrected chi connectivity index (χ0v) is 11.6. The molecule has 1 N–H and O–H groups in total. The molecule has 0 aromatic carbocycles. The second-order valence-electron chi connectivity index (χ2n) is 4.10. The summed E-state index contributed by atoms with van der Waals surface area (Å²) >= 11 is 0. The summed E-state index contributed by atoms with van der Waals surface area (Å²) in [6.07, 6.45) is 1.43. The van der Waals surface area contributed by atoms with Crippen molar-refractivity contribution in [1.29, 1.82) is 0 Å². The molecule has 0 heterocycles. The molecule has 0 radical (unpaired) electrons. The summed E-state index contributed by atoms with van der Waals surface area (Å²) in [5.41, 5.74) is -0.346. The molecule has 0 saturated heterocycles. The number of hydrogen-bond acceptors (Lipinski definition) is 5. The van der Waals surface area contributed by atoms with Gasteiger partial charge in [0.05, 0.1) is 17.8 Å². The number of hydrogen-bond donors (Lipinski definition) is 1. The van der Waals surface area contributed by atoms with Gasteiger partial charge < -0.3 is 14.6 Å². The monoisotopic (exact) mass is 270 g/mol. The van der Waals surface area contributed by atoms with Crippen LogP contribution in [0.1, 0.15) is 39.5 Å². The van der Waals surface area contributed by atoms with Gasteiger partial charge in [0.15, 0.2) is 0 Å². The first-order chi connectivity index (χ1) is 8.93. The number of aliphatic hydroxyl groups is 1. The lowest BCUT2D eigenvalue weighted by Crippen LogP contribution is -2.21. The Hall–Kier alpha value is -1.62. The van der Waals surface area contributed by atoms with E-state index in [0.717, 1.165) is 12.8 Å². The first kappa shape index (κ1) is 17.4. The fourth-order valence-electron chi connectivity index (χ4n) is 1.14. The van der Waals surface area contributed by atoms with Crippen molar-refractivity contribution >= 4 is 11.9 Å². The van der Waals surface area contributed by atoms with Crippen molar-refractivity contribution in [3.8, 4) is 0 Å². The second kappa shape index (κ2) is 9.33. The fraction of sp³-hybridized carbons (Fsp3) is 0.571. The summed E-state index contributed by atoms with van der Waals surface area (Å²) in [4.78, 5) is 23.1. The highest BCUT2D eigenvalue weighted by atomic mass is 16.6. The van der Waals surface area contributed by atoms with Crippen LogP contribution in [0.3, 0.4) is 0 Å². The average molecular weight is 270 g/mol. The first-order valence-electron chi connectivity index (χ1n) is 6.38. The number of unbranched alkanes of at least 4 members (excludes halogenated alkanes) is 1. The van der Waals surface area contributed by atoms with Crippen LogP contribution in [0.2, 0.25) is 0 Å². The van der Waals surface area contributed by atoms with Crippen LogP contribution in [0, 0.1) is 0 Å². The van der Waals surface area contributed by atoms with Crippen LogP contribution in [0.5, 0.6) is 0 Å². The van der Waals surface area contributed by atoms with Gasteiger partial charge in [-0.3, -0.25) is 0 Å². The molecule has 0 aliphatic rings. The van der Waals surface area contributed by atoms with Crippen molar-refractivity contribution in [2.75, 3.05) is 6.61 Å². The molecule has 5 nitrogen and oxygen atoms in total. The molecule has 0 aromatic heterocycles. The van der Waals surface area contributed by atoms with E-state index in [2.05, 4.69) is 13.2 Å². The Kier molecular flexibility index (Phi) is 8.53. The molecular formula is C14H22O5. The molecule has 0 spiro atoms. The summed E-state index contributed by atoms with van der Waals surface area (Å²) in [5.74, 6) is -1.56. The molecule has 108 valence electrons. The smallest absolute Gasteiger partial charge is 0.340 e. The van der Waals surface area contributed by atoms with Gasteiger partial charge in [0.1, 0.15) is 0 Å². The van der Waals surface area contributed by atoms with Gasteiger partial charge in [-0.05, 0) is 6.42 Å². The van der Waals surface area contributed by atoms with Gasteiger partial charge in [-0.2, -0.15) is 0 Å². The summed E-state index contributed by atoms with van der Waals surface area (Å²) in [6.45, 7) is 11.0. The van der Waals surface area contributed by atoms with E-state index in [1.807, 2.05) is 13.8 Å². The normalized spacial score (nSPS) is 11.5. The summed E-state index contributed by atoms with van der Waals surface area (Å²) in [5, 5.41) is 9.33. The number of aliphatic hydroxyl groups excluding tert-OH is 1. The average Bonchev–Trinajstić information content (AvgIpc) is 2.37. The van der Waals surface area contributed by atoms with Crippen molar-refractivity contribution in [3.05, 3.63) is 24.3 Å². The molecule has 0 amide bonds. The van der Waals surface area contributed by atoms with Gasteiger partial charge in [-0.1, -0.05) is 39.8 Å². The molecule has 0 aromatic rings. The van der Waals surface area contributed by atoms with E-state index in [-0.39, 0.29) is 17.8 Å². The number of ether oxygens (including phenoxy) is 2. The standard InChI is InChI=1S/C14H22O5/c1-5-7-9-18-13(16)10(3)11(4)14(17)19-12(15)8-6-2/h12,15H,3-9H2,1-2H3. The molecule has 0 aliphatic carbocycles. The van der Waals surface area contributed by atoms with Gasteiger partial charge in [0, 0.05) is 6.42 Å². The number of rotatable bonds is 9. The Morgan fingerprint density at radius 3 is 2.21 bits per heavy atom. The van der Waals surface area contributed by atoms with Crippen molar-refractivity contribution < 1.29 is 24.2 Å². The topological polar surface area (TPSA) is 72.8 Å². The Bertz CT molecular complexity index is 346. The molecule has 0 aliphatic heterocycles. The number of carbonyl (C=O) groups is 2. The summed E-state index contributed by atoms with van der Waals surface area (Å²) in [6, 6.07) is 0. The maximum atomic E-state index is 11.6. The Morgan fingerprint density at radius 2 is 1.68 bits per heavy atom. The van der Waals surface area contributed by atoms with Crippen molar-refractivity contribution in [3.63, 3.8) is 0 Å². The molecule has 1 unspecified atom stereocenters. The van der Waals surface area contributed by atoms with Crippen LogP contribution < -0.4 is 0 Å². The van der Waals surface area contributed by atoms with Gasteiger partial charge in [-0.15, -0.1) is 0 Å². The third-order valence-corrected chi connectivity index (χ3v) is 2.37. The first-order valence-corrected chi connectivity index (χ1v) is 6.38. The minimum absolute atomic E-state index is 0.148. The Balaban J connectivity index is 4.27. The van der Waals surface area contributed by atoms with Gasteiger partial charge in [-0.25, -0.2) is 9.59 Å². The fourth-order valence-corrected chi connectivity index (χ4v) is 1.14. The lowest BCUT2D eigenvalue weighted by molar-refractivity contribution is -0.164. The van der Waals surface area contributed by atoms with Crippen molar-refractivity contribution in [2.24, 2.45) is 0 Å². The highest BCUT2D eigenvalue weighted by molar-refractivity contribution is 6.06. The quantitative estimate of drug-likeness (QED) is 0.228. The minimum atomic E-state index is -1.20. The zero-order valence-electron chi connectivity index (χ0n) is 11.6. The Morgan fingerprint density at radius 1 is 1.11 bits per heavy atom. The van der Waals surface area contributed by atoms with Gasteiger partial charge in [0.25, 0.3) is 0 Å². The van der Waals surface area contributed by atoms with Crippen LogP contribution in [0.25, 0.3) is 0 Å². The molecule has 1 atom stereocenters. The molecule has 19 heavy (non-hydrogen) atoms. The van der Waals surface area contributed by atoms with Gasteiger partial charge in [0.2, 0.25) is 6.29 Å². The van der Waals surface area contributed by atoms with E-state index in [1.165, 1.54) is 0 Å². The zero-order chi connectivity index (χ0) is 14.8. The Labute approximate surface area is 113 Å². The van der Waals surface area contributed by atoms with Crippen LogP contribution in [-0.4, -0.2) is 29.9 Å².